The van der Waals surface area contributed by atoms with Crippen LogP contribution in [0.3, 0.4) is 0 Å². The molecule has 0 bridgehead atoms. The summed E-state index contributed by atoms with van der Waals surface area (Å²) in [4.78, 5) is 8.80. The highest BCUT2D eigenvalue weighted by molar-refractivity contribution is 8.01. The Bertz CT molecular complexity index is 1100. The monoisotopic (exact) mass is 458 g/mol. The molecule has 4 rings (SSSR count). The van der Waals surface area contributed by atoms with Crippen LogP contribution in [0.2, 0.25) is 0 Å². The number of nitrogens with zero attached hydrogens (tertiary/aromatic N) is 6. The molecule has 3 aromatic rings. The second-order valence-corrected chi connectivity index (χ2v) is 8.86. The molecule has 0 saturated carbocycles. The average molecular weight is 459 g/mol. The van der Waals surface area contributed by atoms with Crippen molar-refractivity contribution in [2.75, 3.05) is 11.8 Å². The molecule has 0 spiro atoms. The number of rotatable bonds is 7. The highest BCUT2D eigenvalue weighted by atomic mass is 32.2. The molecule has 3 heterocycles. The number of anilines is 1. The molecule has 0 amide bonds. The predicted octanol–water partition coefficient (Wildman–Crippen LogP) is 3.90. The first-order valence-corrected chi connectivity index (χ1v) is 11.0. The summed E-state index contributed by atoms with van der Waals surface area (Å²) in [6.45, 7) is 5.99. The van der Waals surface area contributed by atoms with E-state index in [4.69, 9.17) is 0 Å². The van der Waals surface area contributed by atoms with Crippen LogP contribution in [0.1, 0.15) is 43.0 Å². The van der Waals surface area contributed by atoms with E-state index in [0.717, 1.165) is 11.4 Å². The van der Waals surface area contributed by atoms with Crippen molar-refractivity contribution in [3.05, 3.63) is 71.7 Å². The SMILES string of the molecule is Cc1cnc(C(C)C(C)SNc2nnc(C3C=CN(C)N3)n2-c2c(F)cccc2F)nc1. The highest BCUT2D eigenvalue weighted by Gasteiger charge is 2.28. The van der Waals surface area contributed by atoms with Crippen molar-refractivity contribution in [1.29, 1.82) is 0 Å². The minimum atomic E-state index is -0.705. The van der Waals surface area contributed by atoms with Gasteiger partial charge in [0.15, 0.2) is 5.82 Å². The zero-order valence-electron chi connectivity index (χ0n) is 18.1. The first-order valence-electron chi connectivity index (χ1n) is 10.1. The first kappa shape index (κ1) is 22.2. The molecule has 3 unspecified atom stereocenters. The number of halogens is 2. The Morgan fingerprint density at radius 3 is 2.44 bits per heavy atom. The average Bonchev–Trinajstić information content (AvgIpc) is 3.38. The van der Waals surface area contributed by atoms with Gasteiger partial charge in [-0.3, -0.25) is 9.29 Å². The summed E-state index contributed by atoms with van der Waals surface area (Å²) in [6.07, 6.45) is 7.23. The third-order valence-electron chi connectivity index (χ3n) is 5.22. The maximum Gasteiger partial charge on any atom is 0.239 e. The summed E-state index contributed by atoms with van der Waals surface area (Å²) in [5.74, 6) is -0.0686. The van der Waals surface area contributed by atoms with Crippen LogP contribution in [0.4, 0.5) is 14.7 Å². The quantitative estimate of drug-likeness (QED) is 0.516. The van der Waals surface area contributed by atoms with E-state index in [1.54, 1.807) is 17.4 Å². The van der Waals surface area contributed by atoms with Gasteiger partial charge in [-0.25, -0.2) is 24.2 Å². The standard InChI is InChI=1S/C21H24F2N8S/c1-12-10-24-19(25-11-12)13(2)14(3)32-29-21-27-26-20(17-8-9-30(4)28-17)31(21)18-15(22)6-5-7-16(18)23/h5-11,13-14,17,28H,1-4H3,(H,27,29). The number of hydrogen-bond acceptors (Lipinski definition) is 8. The fourth-order valence-electron chi connectivity index (χ4n) is 3.25. The van der Waals surface area contributed by atoms with Gasteiger partial charge in [-0.15, -0.1) is 10.2 Å². The minimum Gasteiger partial charge on any atom is -0.318 e. The van der Waals surface area contributed by atoms with Crippen molar-refractivity contribution < 1.29 is 8.78 Å². The van der Waals surface area contributed by atoms with Crippen LogP contribution in [-0.4, -0.2) is 42.0 Å². The molecule has 0 aliphatic carbocycles. The molecule has 11 heteroatoms. The number of aromatic nitrogens is 5. The van der Waals surface area contributed by atoms with Gasteiger partial charge in [-0.05, 0) is 42.6 Å². The summed E-state index contributed by atoms with van der Waals surface area (Å²) in [5, 5.41) is 10.2. The van der Waals surface area contributed by atoms with Crippen LogP contribution in [-0.2, 0) is 0 Å². The van der Waals surface area contributed by atoms with E-state index in [1.165, 1.54) is 34.7 Å². The molecule has 1 aliphatic heterocycles. The van der Waals surface area contributed by atoms with Crippen molar-refractivity contribution in [2.24, 2.45) is 0 Å². The normalized spacial score (nSPS) is 17.6. The maximum atomic E-state index is 14.7. The van der Waals surface area contributed by atoms with Gasteiger partial charge >= 0.3 is 0 Å². The number of hydrazine groups is 1. The van der Waals surface area contributed by atoms with E-state index in [9.17, 15) is 8.78 Å². The van der Waals surface area contributed by atoms with Crippen LogP contribution in [0.5, 0.6) is 0 Å². The molecular formula is C21H24F2N8S. The Labute approximate surface area is 189 Å². The Morgan fingerprint density at radius 2 is 1.81 bits per heavy atom. The number of hydrogen-bond donors (Lipinski definition) is 2. The molecule has 3 atom stereocenters. The smallest absolute Gasteiger partial charge is 0.239 e. The van der Waals surface area contributed by atoms with E-state index >= 15 is 0 Å². The third kappa shape index (κ3) is 4.44. The summed E-state index contributed by atoms with van der Waals surface area (Å²) in [5.41, 5.74) is 3.90. The maximum absolute atomic E-state index is 14.7. The van der Waals surface area contributed by atoms with Crippen LogP contribution >= 0.6 is 11.9 Å². The predicted molar refractivity (Wildman–Crippen MR) is 120 cm³/mol. The lowest BCUT2D eigenvalue weighted by atomic mass is 10.1. The fraction of sp³-hybridized carbons (Fsp3) is 0.333. The van der Waals surface area contributed by atoms with Gasteiger partial charge in [0.05, 0.1) is 0 Å². The summed E-state index contributed by atoms with van der Waals surface area (Å²) in [7, 11) is 1.83. The van der Waals surface area contributed by atoms with Crippen LogP contribution in [0, 0.1) is 18.6 Å². The zero-order chi connectivity index (χ0) is 22.8. The van der Waals surface area contributed by atoms with E-state index in [1.807, 2.05) is 40.1 Å². The zero-order valence-corrected chi connectivity index (χ0v) is 18.9. The molecule has 2 N–H and O–H groups in total. The van der Waals surface area contributed by atoms with E-state index < -0.39 is 11.6 Å². The molecular weight excluding hydrogens is 434 g/mol. The van der Waals surface area contributed by atoms with Crippen LogP contribution in [0.15, 0.2) is 42.9 Å². The Hall–Kier alpha value is -3.05. The Morgan fingerprint density at radius 1 is 1.12 bits per heavy atom. The van der Waals surface area contributed by atoms with Gasteiger partial charge in [-0.2, -0.15) is 0 Å². The summed E-state index contributed by atoms with van der Waals surface area (Å²) < 4.78 is 33.9. The topological polar surface area (TPSA) is 83.8 Å². The number of para-hydroxylation sites is 1. The van der Waals surface area contributed by atoms with Gasteiger partial charge in [0.25, 0.3) is 0 Å². The van der Waals surface area contributed by atoms with Gasteiger partial charge in [-0.1, -0.05) is 19.9 Å². The number of aryl methyl sites for hydroxylation is 1. The lowest BCUT2D eigenvalue weighted by Crippen LogP contribution is -2.29. The molecule has 8 nitrogen and oxygen atoms in total. The fourth-order valence-corrected chi connectivity index (χ4v) is 4.00. The minimum absolute atomic E-state index is 0.0298. The molecule has 1 aromatic carbocycles. The number of nitrogens with one attached hydrogen (secondary N) is 2. The third-order valence-corrected chi connectivity index (χ3v) is 6.30. The van der Waals surface area contributed by atoms with Gasteiger partial charge in [0, 0.05) is 36.8 Å². The van der Waals surface area contributed by atoms with E-state index in [-0.39, 0.29) is 28.8 Å². The van der Waals surface area contributed by atoms with E-state index in [2.05, 4.69) is 30.3 Å². The van der Waals surface area contributed by atoms with Gasteiger partial charge in [0.2, 0.25) is 5.95 Å². The molecule has 1 aliphatic rings. The molecule has 32 heavy (non-hydrogen) atoms. The van der Waals surface area contributed by atoms with Crippen molar-refractivity contribution in [1.82, 2.24) is 35.2 Å². The molecule has 168 valence electrons. The van der Waals surface area contributed by atoms with Crippen LogP contribution in [0.25, 0.3) is 5.69 Å². The van der Waals surface area contributed by atoms with Gasteiger partial charge in [0.1, 0.15) is 29.2 Å². The molecule has 2 aromatic heterocycles. The first-order chi connectivity index (χ1) is 15.3. The number of benzene rings is 1. The largest absolute Gasteiger partial charge is 0.318 e. The van der Waals surface area contributed by atoms with E-state index in [0.29, 0.717) is 5.82 Å². The highest BCUT2D eigenvalue weighted by Crippen LogP contribution is 2.31. The molecule has 0 radical (unpaired) electrons. The second kappa shape index (κ2) is 9.21. The van der Waals surface area contributed by atoms with Crippen molar-refractivity contribution in [3.8, 4) is 5.69 Å². The Kier molecular flexibility index (Phi) is 6.38. The van der Waals surface area contributed by atoms with Crippen molar-refractivity contribution in [3.63, 3.8) is 0 Å². The Balaban J connectivity index is 1.62. The lowest BCUT2D eigenvalue weighted by molar-refractivity contribution is 0.326. The van der Waals surface area contributed by atoms with Crippen molar-refractivity contribution in [2.45, 2.75) is 38.0 Å². The molecule has 0 fully saturated rings. The van der Waals surface area contributed by atoms with Crippen LogP contribution < -0.4 is 10.1 Å². The van der Waals surface area contributed by atoms with Crippen molar-refractivity contribution >= 4 is 17.9 Å². The second-order valence-electron chi connectivity index (χ2n) is 7.68. The summed E-state index contributed by atoms with van der Waals surface area (Å²) in [6, 6.07) is 3.36. The lowest BCUT2D eigenvalue weighted by Gasteiger charge is -2.20. The van der Waals surface area contributed by atoms with Gasteiger partial charge < -0.3 is 5.01 Å². The summed E-state index contributed by atoms with van der Waals surface area (Å²) >= 11 is 1.37. The molecule has 0 saturated heterocycles.